The van der Waals surface area contributed by atoms with E-state index in [0.717, 1.165) is 74.8 Å². The third-order valence-corrected chi connectivity index (χ3v) is 17.7. The Morgan fingerprint density at radius 3 is 2.30 bits per heavy atom. The molecule has 5 heterocycles. The Bertz CT molecular complexity index is 2720. The van der Waals surface area contributed by atoms with Crippen LogP contribution >= 0.6 is 23.2 Å². The zero-order chi connectivity index (χ0) is 49.2. The van der Waals surface area contributed by atoms with Crippen molar-refractivity contribution in [1.82, 2.24) is 29.8 Å². The highest BCUT2D eigenvalue weighted by Gasteiger charge is 2.53. The van der Waals surface area contributed by atoms with Crippen LogP contribution in [-0.4, -0.2) is 101 Å². The van der Waals surface area contributed by atoms with Crippen LogP contribution in [0.5, 0.6) is 0 Å². The number of sulfone groups is 1. The fraction of sp³-hybridized carbons (Fsp3) is 0.528. The van der Waals surface area contributed by atoms with Crippen LogP contribution in [0.25, 0.3) is 5.65 Å². The number of likely N-dealkylation sites (tertiary alicyclic amines) is 2. The summed E-state index contributed by atoms with van der Waals surface area (Å²) in [5, 5.41) is 6.19. The maximum absolute atomic E-state index is 15.3. The average Bonchev–Trinajstić information content (AvgIpc) is 3.74. The molecule has 16 heteroatoms. The van der Waals surface area contributed by atoms with Gasteiger partial charge in [-0.15, -0.1) is 0 Å². The number of hydrogen-bond donors (Lipinski definition) is 2. The minimum absolute atomic E-state index is 0.00937. The second kappa shape index (κ2) is 21.2. The van der Waals surface area contributed by atoms with Crippen molar-refractivity contribution in [1.29, 1.82) is 0 Å². The number of carbonyl (C=O) groups excluding carboxylic acids is 4. The van der Waals surface area contributed by atoms with Crippen molar-refractivity contribution in [2.45, 2.75) is 122 Å². The van der Waals surface area contributed by atoms with Gasteiger partial charge in [0.05, 0.1) is 34.2 Å². The number of halogens is 2. The van der Waals surface area contributed by atoms with E-state index in [-0.39, 0.29) is 60.1 Å². The highest BCUT2D eigenvalue weighted by Crippen LogP contribution is 2.53. The first-order valence-electron chi connectivity index (χ1n) is 24.5. The van der Waals surface area contributed by atoms with Gasteiger partial charge in [0.15, 0.2) is 15.5 Å². The SMILES string of the molecule is CC(C)[C@@H](CS(=O)(=O)C(C)C)N1C(=O)[C@@](C)(CC(=O)N[C@H]2CC[C@H](CN3CCC(C#Cc4cccn5c(N6CCC(=O)NC6=O)cnc45)CC3)CC2)C[C@H](c2cccc(Cl)c2)[C@H]1c1ccc(Cl)cc1. The van der Waals surface area contributed by atoms with E-state index >= 15 is 4.79 Å². The van der Waals surface area contributed by atoms with Gasteiger partial charge in [-0.3, -0.25) is 29.0 Å². The molecule has 2 aromatic carbocycles. The van der Waals surface area contributed by atoms with Crippen molar-refractivity contribution in [2.75, 3.05) is 36.8 Å². The van der Waals surface area contributed by atoms with E-state index in [1.165, 1.54) is 4.90 Å². The number of carbonyl (C=O) groups is 4. The number of imide groups is 1. The van der Waals surface area contributed by atoms with Gasteiger partial charge in [-0.1, -0.05) is 80.1 Å². The molecule has 5 amide bonds. The normalized spacial score (nSPS) is 24.6. The molecule has 1 aliphatic carbocycles. The van der Waals surface area contributed by atoms with Gasteiger partial charge < -0.3 is 15.1 Å². The minimum atomic E-state index is -3.58. The number of nitrogens with zero attached hydrogens (tertiary/aromatic N) is 5. The number of rotatable bonds is 13. The van der Waals surface area contributed by atoms with Gasteiger partial charge in [-0.2, -0.15) is 0 Å². The summed E-state index contributed by atoms with van der Waals surface area (Å²) in [5.74, 6) is 6.89. The predicted octanol–water partition coefficient (Wildman–Crippen LogP) is 8.83. The van der Waals surface area contributed by atoms with E-state index in [2.05, 4.69) is 32.4 Å². The Hall–Kier alpha value is -4.94. The van der Waals surface area contributed by atoms with E-state index in [1.54, 1.807) is 37.1 Å². The van der Waals surface area contributed by atoms with Gasteiger partial charge in [0.1, 0.15) is 5.82 Å². The van der Waals surface area contributed by atoms with Crippen LogP contribution < -0.4 is 15.5 Å². The lowest BCUT2D eigenvalue weighted by atomic mass is 9.66. The molecule has 8 rings (SSSR count). The molecule has 1 saturated carbocycles. The second-order valence-corrected chi connectivity index (χ2v) is 24.1. The molecule has 0 radical (unpaired) electrons. The van der Waals surface area contributed by atoms with Crippen molar-refractivity contribution in [3.63, 3.8) is 0 Å². The molecular weight excluding hydrogens is 934 g/mol. The van der Waals surface area contributed by atoms with Crippen molar-refractivity contribution < 1.29 is 27.6 Å². The maximum Gasteiger partial charge on any atom is 0.329 e. The van der Waals surface area contributed by atoms with Crippen LogP contribution in [-0.2, 0) is 24.2 Å². The van der Waals surface area contributed by atoms with Crippen LogP contribution in [0.2, 0.25) is 10.0 Å². The summed E-state index contributed by atoms with van der Waals surface area (Å²) in [7, 11) is -3.58. The average molecular weight is 999 g/mol. The molecule has 69 heavy (non-hydrogen) atoms. The molecule has 3 saturated heterocycles. The summed E-state index contributed by atoms with van der Waals surface area (Å²) >= 11 is 13.0. The molecule has 4 atom stereocenters. The Morgan fingerprint density at radius 2 is 1.64 bits per heavy atom. The molecule has 13 nitrogen and oxygen atoms in total. The summed E-state index contributed by atoms with van der Waals surface area (Å²) < 4.78 is 29.2. The molecule has 3 aliphatic heterocycles. The highest BCUT2D eigenvalue weighted by molar-refractivity contribution is 7.92. The third-order valence-electron chi connectivity index (χ3n) is 15.0. The van der Waals surface area contributed by atoms with Crippen LogP contribution in [0.15, 0.2) is 73.1 Å². The van der Waals surface area contributed by atoms with Crippen LogP contribution in [0.3, 0.4) is 0 Å². The Morgan fingerprint density at radius 1 is 0.913 bits per heavy atom. The van der Waals surface area contributed by atoms with Crippen LogP contribution in [0.4, 0.5) is 10.6 Å². The fourth-order valence-corrected chi connectivity index (χ4v) is 12.7. The molecule has 0 bridgehead atoms. The van der Waals surface area contributed by atoms with Gasteiger partial charge in [0, 0.05) is 66.1 Å². The van der Waals surface area contributed by atoms with Crippen LogP contribution in [0, 0.1) is 35.0 Å². The number of fused-ring (bicyclic) bond motifs is 1. The summed E-state index contributed by atoms with van der Waals surface area (Å²) in [6.45, 7) is 12.4. The first-order valence-corrected chi connectivity index (χ1v) is 27.0. The lowest BCUT2D eigenvalue weighted by Gasteiger charge is -2.53. The molecule has 2 aromatic heterocycles. The van der Waals surface area contributed by atoms with E-state index in [0.29, 0.717) is 40.4 Å². The quantitative estimate of drug-likeness (QED) is 0.126. The topological polar surface area (TPSA) is 154 Å². The monoisotopic (exact) mass is 997 g/mol. The molecule has 0 unspecified atom stereocenters. The van der Waals surface area contributed by atoms with E-state index in [1.807, 2.05) is 79.9 Å². The first-order chi connectivity index (χ1) is 32.9. The Labute approximate surface area is 417 Å². The standard InChI is InChI=1S/C53H65Cl2N7O6S/c1-34(2)45(33-69(67,68)35(3)4)62-49(38-15-17-41(54)18-16-38)44(40-8-6-10-42(55)28-40)29-53(5,51(62)65)30-47(64)57-43-19-12-37(13-20-43)32-59-25-21-36(22-26-59)11-14-39-9-7-24-60-48(31-56-50(39)60)61-27-23-46(63)58-52(61)66/h6-10,15-18,24,28,31,34-37,43-45,49H,12-13,19-23,25-27,29-30,32-33H2,1-5H3,(H,57,64)(H,58,63,66)/t37-,43-,44-,45-,49-,53-/m1/s1. The number of hydrogen-bond acceptors (Lipinski definition) is 8. The zero-order valence-corrected chi connectivity index (χ0v) is 42.6. The molecule has 4 fully saturated rings. The van der Waals surface area contributed by atoms with Gasteiger partial charge in [-0.05, 0) is 131 Å². The third kappa shape index (κ3) is 11.5. The predicted molar refractivity (Wildman–Crippen MR) is 271 cm³/mol. The van der Waals surface area contributed by atoms with Crippen molar-refractivity contribution >= 4 is 68.3 Å². The number of pyridine rings is 1. The van der Waals surface area contributed by atoms with Gasteiger partial charge in [0.2, 0.25) is 17.7 Å². The number of benzene rings is 2. The molecule has 0 spiro atoms. The highest BCUT2D eigenvalue weighted by atomic mass is 35.5. The van der Waals surface area contributed by atoms with Crippen LogP contribution in [0.1, 0.15) is 121 Å². The number of piperidine rings is 2. The Kier molecular flexibility index (Phi) is 15.5. The van der Waals surface area contributed by atoms with E-state index in [4.69, 9.17) is 23.2 Å². The second-order valence-electron chi connectivity index (χ2n) is 20.6. The first kappa shape index (κ1) is 50.4. The summed E-state index contributed by atoms with van der Waals surface area (Å²) in [6, 6.07) is 17.3. The number of amides is 5. The van der Waals surface area contributed by atoms with Crippen molar-refractivity contribution in [2.24, 2.45) is 23.2 Å². The number of anilines is 1. The summed E-state index contributed by atoms with van der Waals surface area (Å²) in [4.78, 5) is 64.2. The number of urea groups is 1. The van der Waals surface area contributed by atoms with Gasteiger partial charge in [0.25, 0.3) is 0 Å². The van der Waals surface area contributed by atoms with E-state index < -0.39 is 38.6 Å². The number of aromatic nitrogens is 2. The molecule has 368 valence electrons. The molecular formula is C53H65Cl2N7O6S. The summed E-state index contributed by atoms with van der Waals surface area (Å²) in [5.41, 5.74) is 2.10. The molecule has 2 N–H and O–H groups in total. The maximum atomic E-state index is 15.3. The van der Waals surface area contributed by atoms with Crippen molar-refractivity contribution in [3.8, 4) is 11.8 Å². The smallest absolute Gasteiger partial charge is 0.329 e. The van der Waals surface area contributed by atoms with E-state index in [9.17, 15) is 22.8 Å². The molecule has 4 aromatic rings. The number of imidazole rings is 1. The lowest BCUT2D eigenvalue weighted by molar-refractivity contribution is -0.158. The van der Waals surface area contributed by atoms with Gasteiger partial charge >= 0.3 is 6.03 Å². The fourth-order valence-electron chi connectivity index (χ4n) is 10.9. The Balaban J connectivity index is 0.890. The minimum Gasteiger partial charge on any atom is -0.353 e. The van der Waals surface area contributed by atoms with Crippen molar-refractivity contribution in [3.05, 3.63) is 99.8 Å². The largest absolute Gasteiger partial charge is 0.353 e. The zero-order valence-electron chi connectivity index (χ0n) is 40.3. The summed E-state index contributed by atoms with van der Waals surface area (Å²) in [6.07, 6.45) is 9.76. The van der Waals surface area contributed by atoms with Gasteiger partial charge in [-0.25, -0.2) is 18.2 Å². The molecule has 4 aliphatic rings. The number of nitrogens with one attached hydrogen (secondary N) is 2. The lowest BCUT2D eigenvalue weighted by Crippen LogP contribution is -2.59.